The van der Waals surface area contributed by atoms with Gasteiger partial charge in [0.15, 0.2) is 16.7 Å². The molecule has 0 saturated carbocycles. The molecule has 0 fully saturated rings. The van der Waals surface area contributed by atoms with Gasteiger partial charge in [0.2, 0.25) is 12.7 Å². The van der Waals surface area contributed by atoms with Crippen LogP contribution in [0.5, 0.6) is 11.5 Å². The Morgan fingerprint density at radius 2 is 2.12 bits per heavy atom. The summed E-state index contributed by atoms with van der Waals surface area (Å²) in [6.07, 6.45) is 7.17. The van der Waals surface area contributed by atoms with E-state index in [0.717, 1.165) is 11.8 Å². The number of rotatable bonds is 3. The largest absolute Gasteiger partial charge is 0.454 e. The molecular formula is C17H13N3O4S. The molecule has 1 N–H and O–H groups in total. The molecule has 2 amide bonds. The van der Waals surface area contributed by atoms with Crippen molar-refractivity contribution < 1.29 is 19.1 Å². The zero-order chi connectivity index (χ0) is 17.2. The van der Waals surface area contributed by atoms with Gasteiger partial charge in [-0.05, 0) is 18.2 Å². The van der Waals surface area contributed by atoms with Gasteiger partial charge in [-0.15, -0.1) is 0 Å². The molecule has 1 aliphatic carbocycles. The van der Waals surface area contributed by atoms with Crippen molar-refractivity contribution in [2.75, 3.05) is 17.9 Å². The van der Waals surface area contributed by atoms with Crippen molar-refractivity contribution in [1.29, 1.82) is 0 Å². The summed E-state index contributed by atoms with van der Waals surface area (Å²) in [5, 5.41) is 3.07. The Bertz CT molecular complexity index is 873. The highest BCUT2D eigenvalue weighted by atomic mass is 32.2. The Hall–Kier alpha value is -2.87. The number of anilines is 1. The Kier molecular flexibility index (Phi) is 4.10. The van der Waals surface area contributed by atoms with E-state index in [1.165, 1.54) is 0 Å². The zero-order valence-electron chi connectivity index (χ0n) is 13.0. The normalized spacial score (nSPS) is 20.0. The molecule has 1 unspecified atom stereocenters. The molecule has 8 heteroatoms. The molecule has 0 aromatic heterocycles. The Morgan fingerprint density at radius 3 is 3.04 bits per heavy atom. The lowest BCUT2D eigenvalue weighted by Gasteiger charge is -2.17. The highest BCUT2D eigenvalue weighted by Crippen LogP contribution is 2.34. The van der Waals surface area contributed by atoms with Crippen molar-refractivity contribution in [3.05, 3.63) is 42.5 Å². The fraction of sp³-hybridized carbons (Fsp3) is 0.176. The van der Waals surface area contributed by atoms with E-state index in [1.807, 2.05) is 6.08 Å². The van der Waals surface area contributed by atoms with Crippen molar-refractivity contribution >= 4 is 40.1 Å². The number of thioether (sulfide) groups is 1. The maximum atomic E-state index is 12.1. The predicted molar refractivity (Wildman–Crippen MR) is 95.3 cm³/mol. The van der Waals surface area contributed by atoms with Gasteiger partial charge >= 0.3 is 0 Å². The summed E-state index contributed by atoms with van der Waals surface area (Å²) in [6.45, 7) is 0.182. The molecule has 2 heterocycles. The van der Waals surface area contributed by atoms with E-state index in [-0.39, 0.29) is 24.4 Å². The third-order valence-corrected chi connectivity index (χ3v) is 4.53. The summed E-state index contributed by atoms with van der Waals surface area (Å²) in [7, 11) is 0. The number of amidine groups is 1. The first-order valence-electron chi connectivity index (χ1n) is 7.57. The van der Waals surface area contributed by atoms with Crippen LogP contribution in [-0.2, 0) is 9.59 Å². The third-order valence-electron chi connectivity index (χ3n) is 3.69. The molecule has 25 heavy (non-hydrogen) atoms. The molecule has 7 nitrogen and oxygen atoms in total. The molecule has 0 spiro atoms. The summed E-state index contributed by atoms with van der Waals surface area (Å²) >= 11 is 1.13. The van der Waals surface area contributed by atoms with E-state index < -0.39 is 5.92 Å². The van der Waals surface area contributed by atoms with Gasteiger partial charge in [-0.1, -0.05) is 30.0 Å². The molecule has 126 valence electrons. The molecule has 2 aliphatic heterocycles. The van der Waals surface area contributed by atoms with Gasteiger partial charge in [0.1, 0.15) is 5.92 Å². The highest BCUT2D eigenvalue weighted by Gasteiger charge is 2.26. The number of carbonyl (C=O) groups excluding carboxylic acids is 2. The number of ether oxygens (including phenoxy) is 2. The van der Waals surface area contributed by atoms with Gasteiger partial charge in [0.05, 0.1) is 11.5 Å². The van der Waals surface area contributed by atoms with Gasteiger partial charge in [0.25, 0.3) is 5.91 Å². The number of fused-ring (bicyclic) bond motifs is 2. The quantitative estimate of drug-likeness (QED) is 0.897. The first-order chi connectivity index (χ1) is 12.2. The third kappa shape index (κ3) is 3.34. The lowest BCUT2D eigenvalue weighted by molar-refractivity contribution is -0.118. The maximum absolute atomic E-state index is 12.1. The smallest absolute Gasteiger partial charge is 0.261 e. The number of allylic oxidation sites excluding steroid dienone is 3. The van der Waals surface area contributed by atoms with Crippen LogP contribution >= 0.6 is 11.8 Å². The summed E-state index contributed by atoms with van der Waals surface area (Å²) in [4.78, 5) is 32.4. The standard InChI is InChI=1S/C17H13N3O4S/c21-15(18-10-5-6-13-14(7-10)24-9-23-13)8-25-17-19-12-4-2-1-3-11(12)16(22)20-17/h1-7,11H,8-9H2,(H,18,21). The minimum atomic E-state index is -0.406. The number of nitrogens with one attached hydrogen (secondary N) is 1. The van der Waals surface area contributed by atoms with Crippen LogP contribution in [0.3, 0.4) is 0 Å². The van der Waals surface area contributed by atoms with E-state index in [0.29, 0.717) is 28.1 Å². The number of hydrogen-bond donors (Lipinski definition) is 1. The number of carbonyl (C=O) groups is 2. The number of nitrogens with zero attached hydrogens (tertiary/aromatic N) is 2. The van der Waals surface area contributed by atoms with E-state index >= 15 is 0 Å². The zero-order valence-corrected chi connectivity index (χ0v) is 13.8. The second kappa shape index (κ2) is 6.56. The summed E-state index contributed by atoms with van der Waals surface area (Å²) in [5.41, 5.74) is 1.27. The van der Waals surface area contributed by atoms with E-state index in [2.05, 4.69) is 15.3 Å². The van der Waals surface area contributed by atoms with E-state index in [1.54, 1.807) is 36.4 Å². The van der Waals surface area contributed by atoms with Gasteiger partial charge in [-0.25, -0.2) is 4.99 Å². The van der Waals surface area contributed by atoms with Crippen LogP contribution in [0.25, 0.3) is 0 Å². The molecule has 1 aromatic carbocycles. The first-order valence-corrected chi connectivity index (χ1v) is 8.56. The van der Waals surface area contributed by atoms with Gasteiger partial charge < -0.3 is 14.8 Å². The molecule has 0 saturated heterocycles. The van der Waals surface area contributed by atoms with Crippen LogP contribution in [-0.4, -0.2) is 35.2 Å². The minimum Gasteiger partial charge on any atom is -0.454 e. The van der Waals surface area contributed by atoms with Crippen LogP contribution in [0.15, 0.2) is 52.5 Å². The van der Waals surface area contributed by atoms with Crippen LogP contribution in [0.4, 0.5) is 5.69 Å². The van der Waals surface area contributed by atoms with Crippen molar-refractivity contribution in [3.63, 3.8) is 0 Å². The highest BCUT2D eigenvalue weighted by molar-refractivity contribution is 8.14. The topological polar surface area (TPSA) is 89.4 Å². The Morgan fingerprint density at radius 1 is 1.24 bits per heavy atom. The fourth-order valence-electron chi connectivity index (χ4n) is 2.51. The monoisotopic (exact) mass is 355 g/mol. The number of aliphatic imine (C=N–C) groups is 2. The number of hydrogen-bond acceptors (Lipinski definition) is 6. The molecule has 4 rings (SSSR count). The van der Waals surface area contributed by atoms with Gasteiger partial charge in [-0.3, -0.25) is 9.59 Å². The van der Waals surface area contributed by atoms with Crippen molar-refractivity contribution in [3.8, 4) is 11.5 Å². The lowest BCUT2D eigenvalue weighted by Crippen LogP contribution is -2.26. The second-order valence-corrected chi connectivity index (χ2v) is 6.34. The molecule has 1 atom stereocenters. The molecule has 0 radical (unpaired) electrons. The summed E-state index contributed by atoms with van der Waals surface area (Å²) < 4.78 is 10.5. The van der Waals surface area contributed by atoms with Crippen LogP contribution in [0.1, 0.15) is 0 Å². The molecule has 3 aliphatic rings. The van der Waals surface area contributed by atoms with Crippen LogP contribution in [0, 0.1) is 5.92 Å². The summed E-state index contributed by atoms with van der Waals surface area (Å²) in [5.74, 6) is 0.466. The van der Waals surface area contributed by atoms with Gasteiger partial charge in [0, 0.05) is 11.8 Å². The van der Waals surface area contributed by atoms with Crippen LogP contribution < -0.4 is 14.8 Å². The van der Waals surface area contributed by atoms with Crippen molar-refractivity contribution in [1.82, 2.24) is 0 Å². The molecule has 0 bridgehead atoms. The first kappa shape index (κ1) is 15.6. The van der Waals surface area contributed by atoms with Crippen LogP contribution in [0.2, 0.25) is 0 Å². The lowest BCUT2D eigenvalue weighted by atomic mass is 9.97. The second-order valence-electron chi connectivity index (χ2n) is 5.40. The minimum absolute atomic E-state index is 0.0988. The average Bonchev–Trinajstić information content (AvgIpc) is 3.08. The van der Waals surface area contributed by atoms with Crippen molar-refractivity contribution in [2.45, 2.75) is 0 Å². The molecule has 1 aromatic rings. The van der Waals surface area contributed by atoms with Crippen molar-refractivity contribution in [2.24, 2.45) is 15.9 Å². The number of amides is 2. The Balaban J connectivity index is 1.36. The predicted octanol–water partition coefficient (Wildman–Crippen LogP) is 2.17. The maximum Gasteiger partial charge on any atom is 0.261 e. The van der Waals surface area contributed by atoms with E-state index in [9.17, 15) is 9.59 Å². The van der Waals surface area contributed by atoms with Gasteiger partial charge in [-0.2, -0.15) is 4.99 Å². The molecular weight excluding hydrogens is 342 g/mol. The average molecular weight is 355 g/mol. The number of benzene rings is 1. The fourth-order valence-corrected chi connectivity index (χ4v) is 3.17. The Labute approximate surface area is 147 Å². The SMILES string of the molecule is O=C(CSC1=NC(=O)C2C=CC=CC2=N1)Nc1ccc2c(c1)OCO2. The summed E-state index contributed by atoms with van der Waals surface area (Å²) in [6, 6.07) is 5.18. The van der Waals surface area contributed by atoms with E-state index in [4.69, 9.17) is 9.47 Å².